The van der Waals surface area contributed by atoms with Crippen LogP contribution in [0.2, 0.25) is 0 Å². The smallest absolute Gasteiger partial charge is 0.416 e. The SMILES string of the molecule is O=C(COc1cccc(C(F)(F)F)c1)N1CCc2sccc2C1. The van der Waals surface area contributed by atoms with Crippen LogP contribution in [0.15, 0.2) is 35.7 Å². The van der Waals surface area contributed by atoms with Gasteiger partial charge in [0.1, 0.15) is 5.75 Å². The molecular weight excluding hydrogens is 327 g/mol. The molecule has 122 valence electrons. The van der Waals surface area contributed by atoms with Gasteiger partial charge in [0.25, 0.3) is 5.91 Å². The van der Waals surface area contributed by atoms with Crippen molar-refractivity contribution in [2.45, 2.75) is 19.1 Å². The summed E-state index contributed by atoms with van der Waals surface area (Å²) < 4.78 is 43.2. The fourth-order valence-corrected chi connectivity index (χ4v) is 3.35. The van der Waals surface area contributed by atoms with Crippen LogP contribution < -0.4 is 4.74 Å². The Balaban J connectivity index is 1.60. The molecule has 0 saturated heterocycles. The van der Waals surface area contributed by atoms with Gasteiger partial charge in [-0.25, -0.2) is 0 Å². The Morgan fingerprint density at radius 2 is 2.13 bits per heavy atom. The first-order chi connectivity index (χ1) is 10.9. The quantitative estimate of drug-likeness (QED) is 0.851. The summed E-state index contributed by atoms with van der Waals surface area (Å²) in [7, 11) is 0. The zero-order valence-electron chi connectivity index (χ0n) is 12.1. The van der Waals surface area contributed by atoms with Gasteiger partial charge in [0.15, 0.2) is 6.61 Å². The normalized spacial score (nSPS) is 14.5. The van der Waals surface area contributed by atoms with Crippen molar-refractivity contribution in [1.29, 1.82) is 0 Å². The second-order valence-electron chi connectivity index (χ2n) is 5.25. The fourth-order valence-electron chi connectivity index (χ4n) is 2.46. The van der Waals surface area contributed by atoms with E-state index in [1.54, 1.807) is 16.2 Å². The number of fused-ring (bicyclic) bond motifs is 1. The molecule has 3 nitrogen and oxygen atoms in total. The lowest BCUT2D eigenvalue weighted by Crippen LogP contribution is -2.38. The third-order valence-electron chi connectivity index (χ3n) is 3.68. The van der Waals surface area contributed by atoms with Gasteiger partial charge in [-0.05, 0) is 41.6 Å². The van der Waals surface area contributed by atoms with Gasteiger partial charge < -0.3 is 9.64 Å². The third kappa shape index (κ3) is 3.67. The molecule has 0 fully saturated rings. The Kier molecular flexibility index (Phi) is 4.30. The lowest BCUT2D eigenvalue weighted by atomic mass is 10.1. The maximum atomic E-state index is 12.6. The van der Waals surface area contributed by atoms with Crippen molar-refractivity contribution in [1.82, 2.24) is 4.90 Å². The lowest BCUT2D eigenvalue weighted by molar-refractivity contribution is -0.137. The monoisotopic (exact) mass is 341 g/mol. The first kappa shape index (κ1) is 15.9. The summed E-state index contributed by atoms with van der Waals surface area (Å²) in [5.41, 5.74) is 0.344. The Hall–Kier alpha value is -2.02. The van der Waals surface area contributed by atoms with Gasteiger partial charge in [-0.1, -0.05) is 6.07 Å². The lowest BCUT2D eigenvalue weighted by Gasteiger charge is -2.27. The van der Waals surface area contributed by atoms with Crippen molar-refractivity contribution in [2.24, 2.45) is 0 Å². The van der Waals surface area contributed by atoms with Crippen LogP contribution in [-0.4, -0.2) is 24.0 Å². The molecule has 0 spiro atoms. The molecule has 0 atom stereocenters. The van der Waals surface area contributed by atoms with Gasteiger partial charge in [0.2, 0.25) is 0 Å². The number of nitrogens with zero attached hydrogens (tertiary/aromatic N) is 1. The van der Waals surface area contributed by atoms with Gasteiger partial charge in [0, 0.05) is 18.0 Å². The largest absolute Gasteiger partial charge is 0.484 e. The molecule has 0 N–H and O–H groups in total. The number of alkyl halides is 3. The zero-order valence-corrected chi connectivity index (χ0v) is 12.9. The van der Waals surface area contributed by atoms with Crippen molar-refractivity contribution < 1.29 is 22.7 Å². The number of carbonyl (C=O) groups excluding carboxylic acids is 1. The van der Waals surface area contributed by atoms with E-state index in [2.05, 4.69) is 0 Å². The van der Waals surface area contributed by atoms with Gasteiger partial charge in [-0.15, -0.1) is 11.3 Å². The van der Waals surface area contributed by atoms with Gasteiger partial charge >= 0.3 is 6.18 Å². The van der Waals surface area contributed by atoms with Crippen LogP contribution in [0.25, 0.3) is 0 Å². The van der Waals surface area contributed by atoms with Gasteiger partial charge in [-0.3, -0.25) is 4.79 Å². The summed E-state index contributed by atoms with van der Waals surface area (Å²) in [5.74, 6) is -0.180. The molecule has 1 aliphatic rings. The number of halogens is 3. The van der Waals surface area contributed by atoms with E-state index in [1.165, 1.54) is 17.0 Å². The number of hydrogen-bond donors (Lipinski definition) is 0. The number of hydrogen-bond acceptors (Lipinski definition) is 3. The van der Waals surface area contributed by atoms with Crippen LogP contribution in [0.5, 0.6) is 5.75 Å². The molecule has 7 heteroatoms. The third-order valence-corrected chi connectivity index (χ3v) is 4.71. The van der Waals surface area contributed by atoms with E-state index >= 15 is 0 Å². The van der Waals surface area contributed by atoms with Crippen molar-refractivity contribution in [3.8, 4) is 5.75 Å². The van der Waals surface area contributed by atoms with Gasteiger partial charge in [-0.2, -0.15) is 13.2 Å². The van der Waals surface area contributed by atoms with E-state index < -0.39 is 11.7 Å². The molecule has 0 radical (unpaired) electrons. The van der Waals surface area contributed by atoms with Crippen molar-refractivity contribution in [3.05, 3.63) is 51.7 Å². The molecule has 0 unspecified atom stereocenters. The minimum atomic E-state index is -4.43. The van der Waals surface area contributed by atoms with Crippen LogP contribution in [0.3, 0.4) is 0 Å². The second-order valence-corrected chi connectivity index (χ2v) is 6.25. The molecule has 2 aromatic rings. The highest BCUT2D eigenvalue weighted by molar-refractivity contribution is 7.10. The van der Waals surface area contributed by atoms with Crippen LogP contribution in [0, 0.1) is 0 Å². The maximum absolute atomic E-state index is 12.6. The standard InChI is InChI=1S/C16H14F3NO2S/c17-16(18,19)12-2-1-3-13(8-12)22-10-15(21)20-6-4-14-11(9-20)5-7-23-14/h1-3,5,7-8H,4,6,9-10H2. The van der Waals surface area contributed by atoms with Crippen LogP contribution >= 0.6 is 11.3 Å². The highest BCUT2D eigenvalue weighted by atomic mass is 32.1. The Morgan fingerprint density at radius 3 is 2.91 bits per heavy atom. The highest BCUT2D eigenvalue weighted by Crippen LogP contribution is 2.31. The molecule has 1 aliphatic heterocycles. The molecular formula is C16H14F3NO2S. The van der Waals surface area contributed by atoms with Crippen LogP contribution in [-0.2, 0) is 23.9 Å². The Labute approximate surface area is 135 Å². The summed E-state index contributed by atoms with van der Waals surface area (Å²) in [6.07, 6.45) is -3.62. The minimum Gasteiger partial charge on any atom is -0.484 e. The number of benzene rings is 1. The van der Waals surface area contributed by atoms with Gasteiger partial charge in [0.05, 0.1) is 5.56 Å². The average molecular weight is 341 g/mol. The molecule has 0 aliphatic carbocycles. The first-order valence-electron chi connectivity index (χ1n) is 7.06. The highest BCUT2D eigenvalue weighted by Gasteiger charge is 2.30. The summed E-state index contributed by atoms with van der Waals surface area (Å²) >= 11 is 1.68. The van der Waals surface area contributed by atoms with Crippen molar-refractivity contribution >= 4 is 17.2 Å². The number of carbonyl (C=O) groups is 1. The Morgan fingerprint density at radius 1 is 1.30 bits per heavy atom. The first-order valence-corrected chi connectivity index (χ1v) is 7.94. The van der Waals surface area contributed by atoms with E-state index in [0.717, 1.165) is 24.1 Å². The molecule has 1 aromatic heterocycles. The van der Waals surface area contributed by atoms with Crippen LogP contribution in [0.1, 0.15) is 16.0 Å². The van der Waals surface area contributed by atoms with E-state index in [9.17, 15) is 18.0 Å². The summed E-state index contributed by atoms with van der Waals surface area (Å²) in [4.78, 5) is 15.1. The molecule has 0 bridgehead atoms. The summed E-state index contributed by atoms with van der Waals surface area (Å²) in [6.45, 7) is 0.878. The van der Waals surface area contributed by atoms with E-state index in [1.807, 2.05) is 11.4 Å². The maximum Gasteiger partial charge on any atom is 0.416 e. The molecule has 2 heterocycles. The number of thiophene rings is 1. The second kappa shape index (κ2) is 6.23. The van der Waals surface area contributed by atoms with E-state index in [4.69, 9.17) is 4.74 Å². The predicted octanol–water partition coefficient (Wildman–Crippen LogP) is 3.73. The van der Waals surface area contributed by atoms with E-state index in [0.29, 0.717) is 13.1 Å². The molecule has 3 rings (SSSR count). The van der Waals surface area contributed by atoms with Crippen LogP contribution in [0.4, 0.5) is 13.2 Å². The summed E-state index contributed by atoms with van der Waals surface area (Å²) in [5, 5.41) is 2.00. The fraction of sp³-hybridized carbons (Fsp3) is 0.312. The molecule has 23 heavy (non-hydrogen) atoms. The molecule has 1 amide bonds. The average Bonchev–Trinajstić information content (AvgIpc) is 2.99. The topological polar surface area (TPSA) is 29.5 Å². The predicted molar refractivity (Wildman–Crippen MR) is 80.4 cm³/mol. The number of ether oxygens (including phenoxy) is 1. The minimum absolute atomic E-state index is 0.0430. The summed E-state index contributed by atoms with van der Waals surface area (Å²) in [6, 6.07) is 6.54. The molecule has 0 saturated carbocycles. The Bertz CT molecular complexity index is 711. The number of amides is 1. The molecule has 1 aromatic carbocycles. The van der Waals surface area contributed by atoms with Crippen molar-refractivity contribution in [2.75, 3.05) is 13.2 Å². The number of rotatable bonds is 3. The van der Waals surface area contributed by atoms with Crippen molar-refractivity contribution in [3.63, 3.8) is 0 Å². The zero-order chi connectivity index (χ0) is 16.4. The van der Waals surface area contributed by atoms with E-state index in [-0.39, 0.29) is 18.3 Å².